The molecule has 0 amide bonds. The number of nitrogens with one attached hydrogen (secondary N) is 1. The maximum absolute atomic E-state index is 5.74. The van der Waals surface area contributed by atoms with Gasteiger partial charge in [-0.15, -0.1) is 10.2 Å². The molecular weight excluding hydrogens is 342 g/mol. The summed E-state index contributed by atoms with van der Waals surface area (Å²) in [7, 11) is 0. The van der Waals surface area contributed by atoms with Crippen LogP contribution in [-0.2, 0) is 6.54 Å². The lowest BCUT2D eigenvalue weighted by atomic mass is 10.2. The molecule has 0 saturated carbocycles. The third-order valence-corrected chi connectivity index (χ3v) is 5.27. The van der Waals surface area contributed by atoms with Gasteiger partial charge in [-0.1, -0.05) is 35.2 Å². The van der Waals surface area contributed by atoms with Gasteiger partial charge in [0.1, 0.15) is 11.5 Å². The van der Waals surface area contributed by atoms with Crippen molar-refractivity contribution < 1.29 is 9.15 Å². The topological polar surface area (TPSA) is 60.2 Å². The van der Waals surface area contributed by atoms with Crippen LogP contribution in [0.3, 0.4) is 0 Å². The summed E-state index contributed by atoms with van der Waals surface area (Å²) in [6.45, 7) is 3.39. The van der Waals surface area contributed by atoms with Gasteiger partial charge < -0.3 is 14.5 Å². The Labute approximate surface area is 149 Å². The van der Waals surface area contributed by atoms with E-state index in [1.54, 1.807) is 29.4 Å². The van der Waals surface area contributed by atoms with Gasteiger partial charge in [0.05, 0.1) is 19.4 Å². The van der Waals surface area contributed by atoms with Crippen molar-refractivity contribution in [3.05, 3.63) is 54.0 Å². The van der Waals surface area contributed by atoms with Crippen LogP contribution in [0.2, 0.25) is 0 Å². The maximum atomic E-state index is 5.74. The van der Waals surface area contributed by atoms with Gasteiger partial charge in [-0.25, -0.2) is 0 Å². The number of furan rings is 1. The Bertz CT molecular complexity index is 744. The highest BCUT2D eigenvalue weighted by Gasteiger charge is 2.05. The van der Waals surface area contributed by atoms with E-state index in [2.05, 4.69) is 34.6 Å². The van der Waals surface area contributed by atoms with Crippen molar-refractivity contribution in [1.82, 2.24) is 10.2 Å². The highest BCUT2D eigenvalue weighted by molar-refractivity contribution is 8.01. The fraction of sp³-hybridized carbons (Fsp3) is 0.294. The van der Waals surface area contributed by atoms with Crippen LogP contribution in [0, 0.1) is 6.92 Å². The van der Waals surface area contributed by atoms with Gasteiger partial charge in [-0.2, -0.15) is 0 Å². The van der Waals surface area contributed by atoms with E-state index in [1.165, 1.54) is 5.56 Å². The molecule has 0 saturated heterocycles. The minimum Gasteiger partial charge on any atom is -0.494 e. The molecule has 0 fully saturated rings. The lowest BCUT2D eigenvalue weighted by molar-refractivity contribution is 0.318. The third kappa shape index (κ3) is 5.28. The van der Waals surface area contributed by atoms with E-state index in [0.717, 1.165) is 33.2 Å². The van der Waals surface area contributed by atoms with Gasteiger partial charge in [0, 0.05) is 5.75 Å². The largest absolute Gasteiger partial charge is 0.494 e. The number of hydrogen-bond donors (Lipinski definition) is 1. The van der Waals surface area contributed by atoms with E-state index in [-0.39, 0.29) is 0 Å². The van der Waals surface area contributed by atoms with Crippen molar-refractivity contribution in [3.8, 4) is 5.75 Å². The summed E-state index contributed by atoms with van der Waals surface area (Å²) in [5.74, 6) is 2.77. The number of hydrogen-bond acceptors (Lipinski definition) is 7. The molecule has 2 aromatic heterocycles. The smallest absolute Gasteiger partial charge is 0.206 e. The third-order valence-electron chi connectivity index (χ3n) is 3.17. The first kappa shape index (κ1) is 16.9. The highest BCUT2D eigenvalue weighted by Crippen LogP contribution is 2.26. The molecule has 0 spiro atoms. The Morgan fingerprint density at radius 1 is 1.25 bits per heavy atom. The molecule has 2 heterocycles. The quantitative estimate of drug-likeness (QED) is 0.443. The molecule has 24 heavy (non-hydrogen) atoms. The predicted octanol–water partition coefficient (Wildman–Crippen LogP) is 4.61. The molecule has 1 N–H and O–H groups in total. The Hall–Kier alpha value is -1.99. The summed E-state index contributed by atoms with van der Waals surface area (Å²) in [5, 5.41) is 12.3. The van der Waals surface area contributed by atoms with Crippen LogP contribution in [0.25, 0.3) is 0 Å². The number of rotatable bonds is 9. The van der Waals surface area contributed by atoms with Crippen molar-refractivity contribution in [2.75, 3.05) is 17.7 Å². The van der Waals surface area contributed by atoms with Crippen LogP contribution in [0.15, 0.2) is 51.4 Å². The minimum absolute atomic E-state index is 0.622. The first-order chi connectivity index (χ1) is 11.8. The number of aromatic nitrogens is 2. The maximum Gasteiger partial charge on any atom is 0.206 e. The molecule has 0 aliphatic carbocycles. The van der Waals surface area contributed by atoms with Gasteiger partial charge in [0.2, 0.25) is 5.13 Å². The number of anilines is 1. The van der Waals surface area contributed by atoms with Gasteiger partial charge in [0.15, 0.2) is 4.34 Å². The summed E-state index contributed by atoms with van der Waals surface area (Å²) in [4.78, 5) is 0. The average Bonchev–Trinajstić information content (AvgIpc) is 3.24. The van der Waals surface area contributed by atoms with E-state index in [0.29, 0.717) is 13.2 Å². The van der Waals surface area contributed by atoms with E-state index < -0.39 is 0 Å². The van der Waals surface area contributed by atoms with Crippen LogP contribution in [0.5, 0.6) is 5.75 Å². The normalized spacial score (nSPS) is 10.7. The molecule has 126 valence electrons. The molecule has 3 aromatic rings. The van der Waals surface area contributed by atoms with Crippen LogP contribution in [0.4, 0.5) is 5.13 Å². The van der Waals surface area contributed by atoms with Crippen molar-refractivity contribution in [2.45, 2.75) is 24.2 Å². The number of aryl methyl sites for hydroxylation is 1. The summed E-state index contributed by atoms with van der Waals surface area (Å²) >= 11 is 3.26. The summed E-state index contributed by atoms with van der Waals surface area (Å²) in [6, 6.07) is 11.9. The van der Waals surface area contributed by atoms with Crippen molar-refractivity contribution in [1.29, 1.82) is 0 Å². The number of benzene rings is 1. The Morgan fingerprint density at radius 3 is 3.04 bits per heavy atom. The first-order valence-corrected chi connectivity index (χ1v) is 9.52. The molecule has 3 rings (SSSR count). The highest BCUT2D eigenvalue weighted by atomic mass is 32.2. The van der Waals surface area contributed by atoms with Crippen molar-refractivity contribution in [2.24, 2.45) is 0 Å². The Kier molecular flexibility index (Phi) is 6.14. The second-order valence-electron chi connectivity index (χ2n) is 5.17. The van der Waals surface area contributed by atoms with Gasteiger partial charge >= 0.3 is 0 Å². The Morgan fingerprint density at radius 2 is 2.21 bits per heavy atom. The predicted molar refractivity (Wildman–Crippen MR) is 98.0 cm³/mol. The molecule has 0 aliphatic heterocycles. The zero-order valence-corrected chi connectivity index (χ0v) is 15.0. The lowest BCUT2D eigenvalue weighted by Crippen LogP contribution is -1.98. The SMILES string of the molecule is Cc1cccc(OCCCSc2nnc(NCc3ccco3)s2)c1. The standard InChI is InChI=1S/C17H19N3O2S2/c1-13-5-2-6-14(11-13)21-9-4-10-23-17-20-19-16(24-17)18-12-15-7-3-8-22-15/h2-3,5-8,11H,4,9-10,12H2,1H3,(H,18,19). The molecule has 0 bridgehead atoms. The van der Waals surface area contributed by atoms with Crippen LogP contribution >= 0.6 is 23.1 Å². The molecule has 0 aliphatic rings. The van der Waals surface area contributed by atoms with Gasteiger partial charge in [-0.3, -0.25) is 0 Å². The van der Waals surface area contributed by atoms with Gasteiger partial charge in [-0.05, 0) is 43.2 Å². The Balaban J connectivity index is 1.33. The molecule has 0 atom stereocenters. The second-order valence-corrected chi connectivity index (χ2v) is 7.49. The van der Waals surface area contributed by atoms with Crippen LogP contribution in [0.1, 0.15) is 17.7 Å². The van der Waals surface area contributed by atoms with E-state index in [9.17, 15) is 0 Å². The van der Waals surface area contributed by atoms with Crippen LogP contribution in [-0.4, -0.2) is 22.6 Å². The zero-order valence-electron chi connectivity index (χ0n) is 13.4. The van der Waals surface area contributed by atoms with E-state index in [4.69, 9.17) is 9.15 Å². The summed E-state index contributed by atoms with van der Waals surface area (Å²) in [5.41, 5.74) is 1.21. The number of thioether (sulfide) groups is 1. The summed E-state index contributed by atoms with van der Waals surface area (Å²) < 4.78 is 12.0. The molecule has 7 heteroatoms. The van der Waals surface area contributed by atoms with Crippen molar-refractivity contribution in [3.63, 3.8) is 0 Å². The van der Waals surface area contributed by atoms with Crippen LogP contribution < -0.4 is 10.1 Å². The van der Waals surface area contributed by atoms with Gasteiger partial charge in [0.25, 0.3) is 0 Å². The molecule has 0 unspecified atom stereocenters. The zero-order chi connectivity index (χ0) is 16.6. The molecule has 1 aromatic carbocycles. The fourth-order valence-electron chi connectivity index (χ4n) is 2.03. The molecule has 0 radical (unpaired) electrons. The van der Waals surface area contributed by atoms with E-state index in [1.807, 2.05) is 24.3 Å². The van der Waals surface area contributed by atoms with E-state index >= 15 is 0 Å². The lowest BCUT2D eigenvalue weighted by Gasteiger charge is -2.05. The average molecular weight is 361 g/mol. The first-order valence-electron chi connectivity index (χ1n) is 7.71. The molecule has 5 nitrogen and oxygen atoms in total. The molecular formula is C17H19N3O2S2. The fourth-order valence-corrected chi connectivity index (χ4v) is 3.76. The van der Waals surface area contributed by atoms with Crippen molar-refractivity contribution >= 4 is 28.2 Å². The number of ether oxygens (including phenoxy) is 1. The number of nitrogens with zero attached hydrogens (tertiary/aromatic N) is 2. The monoisotopic (exact) mass is 361 g/mol. The summed E-state index contributed by atoms with van der Waals surface area (Å²) in [6.07, 6.45) is 2.63. The second kappa shape index (κ2) is 8.75. The minimum atomic E-state index is 0.622.